The quantitative estimate of drug-likeness (QED) is 0.237. The third-order valence-corrected chi connectivity index (χ3v) is 5.46. The molecule has 10 heteroatoms. The predicted molar refractivity (Wildman–Crippen MR) is 112 cm³/mol. The second-order valence-electron chi connectivity index (χ2n) is 5.14. The van der Waals surface area contributed by atoms with Crippen LogP contribution < -0.4 is 10.6 Å². The van der Waals surface area contributed by atoms with Gasteiger partial charge in [0.05, 0.1) is 17.0 Å². The minimum absolute atomic E-state index is 0. The van der Waals surface area contributed by atoms with Gasteiger partial charge >= 0.3 is 0 Å². The van der Waals surface area contributed by atoms with Gasteiger partial charge in [0.15, 0.2) is 5.96 Å². The van der Waals surface area contributed by atoms with Crippen molar-refractivity contribution in [2.24, 2.45) is 4.99 Å². The Balaban J connectivity index is 0.00000529. The fourth-order valence-corrected chi connectivity index (χ4v) is 3.65. The molecule has 0 saturated carbocycles. The van der Waals surface area contributed by atoms with Crippen LogP contribution in [0.25, 0.3) is 0 Å². The van der Waals surface area contributed by atoms with Crippen molar-refractivity contribution in [3.05, 3.63) is 16.1 Å². The number of sulfonamides is 1. The number of halogens is 1. The first-order valence-electron chi connectivity index (χ1n) is 7.67. The van der Waals surface area contributed by atoms with Gasteiger partial charge < -0.3 is 10.6 Å². The van der Waals surface area contributed by atoms with Crippen molar-refractivity contribution >= 4 is 51.3 Å². The first-order valence-corrected chi connectivity index (χ1v) is 10.4. The number of nitrogens with one attached hydrogen (secondary N) is 2. The molecule has 0 aliphatic carbocycles. The molecule has 1 aromatic rings. The first kappa shape index (κ1) is 23.5. The van der Waals surface area contributed by atoms with Gasteiger partial charge in [0.25, 0.3) is 0 Å². The Hall–Kier alpha value is -0.460. The molecule has 2 N–H and O–H groups in total. The van der Waals surface area contributed by atoms with Crippen LogP contribution >= 0.6 is 35.3 Å². The van der Waals surface area contributed by atoms with Crippen LogP contribution in [-0.4, -0.2) is 63.1 Å². The minimum atomic E-state index is -3.11. The van der Waals surface area contributed by atoms with E-state index < -0.39 is 10.0 Å². The van der Waals surface area contributed by atoms with Crippen molar-refractivity contribution in [1.29, 1.82) is 0 Å². The number of hydrogen-bond acceptors (Lipinski definition) is 5. The molecule has 0 bridgehead atoms. The van der Waals surface area contributed by atoms with Crippen LogP contribution in [0.4, 0.5) is 0 Å². The Bertz CT molecular complexity index is 604. The van der Waals surface area contributed by atoms with Crippen molar-refractivity contribution in [2.75, 3.05) is 39.5 Å². The van der Waals surface area contributed by atoms with E-state index in [1.165, 1.54) is 10.6 Å². The van der Waals surface area contributed by atoms with Gasteiger partial charge in [0, 0.05) is 45.0 Å². The molecule has 24 heavy (non-hydrogen) atoms. The van der Waals surface area contributed by atoms with Gasteiger partial charge in [-0.25, -0.2) is 17.7 Å². The summed E-state index contributed by atoms with van der Waals surface area (Å²) in [5.41, 5.74) is 1.09. The molecule has 1 aromatic heterocycles. The fraction of sp³-hybridized carbons (Fsp3) is 0.714. The molecule has 1 heterocycles. The SMILES string of the molecule is CCN(CCCNC(=NC)NCCc1csc(C)n1)S(C)(=O)=O.I. The highest BCUT2D eigenvalue weighted by molar-refractivity contribution is 14.0. The molecule has 1 rings (SSSR count). The van der Waals surface area contributed by atoms with E-state index in [2.05, 4.69) is 26.0 Å². The lowest BCUT2D eigenvalue weighted by Gasteiger charge is -2.18. The zero-order valence-corrected chi connectivity index (χ0v) is 18.7. The van der Waals surface area contributed by atoms with E-state index >= 15 is 0 Å². The molecular weight excluding hydrogens is 461 g/mol. The molecule has 0 saturated heterocycles. The third-order valence-electron chi connectivity index (χ3n) is 3.26. The molecule has 0 fully saturated rings. The first-order chi connectivity index (χ1) is 10.9. The maximum atomic E-state index is 11.5. The highest BCUT2D eigenvalue weighted by atomic mass is 127. The summed E-state index contributed by atoms with van der Waals surface area (Å²) in [5, 5.41) is 9.57. The minimum Gasteiger partial charge on any atom is -0.356 e. The van der Waals surface area contributed by atoms with Gasteiger partial charge in [0.1, 0.15) is 0 Å². The molecule has 0 aliphatic rings. The van der Waals surface area contributed by atoms with Gasteiger partial charge in [0.2, 0.25) is 10.0 Å². The lowest BCUT2D eigenvalue weighted by atomic mass is 10.3. The van der Waals surface area contributed by atoms with Crippen LogP contribution in [0.5, 0.6) is 0 Å². The number of nitrogens with zero attached hydrogens (tertiary/aromatic N) is 3. The van der Waals surface area contributed by atoms with Crippen LogP contribution in [0.1, 0.15) is 24.0 Å². The van der Waals surface area contributed by atoms with Crippen molar-refractivity contribution in [3.8, 4) is 0 Å². The highest BCUT2D eigenvalue weighted by Gasteiger charge is 2.13. The van der Waals surface area contributed by atoms with Crippen LogP contribution in [0, 0.1) is 6.92 Å². The summed E-state index contributed by atoms with van der Waals surface area (Å²) < 4.78 is 24.4. The Kier molecular flexibility index (Phi) is 11.8. The fourth-order valence-electron chi connectivity index (χ4n) is 2.07. The van der Waals surface area contributed by atoms with Crippen molar-refractivity contribution < 1.29 is 8.42 Å². The zero-order chi connectivity index (χ0) is 17.3. The average molecular weight is 489 g/mol. The van der Waals surface area contributed by atoms with Crippen molar-refractivity contribution in [1.82, 2.24) is 19.9 Å². The Labute approximate surface area is 166 Å². The largest absolute Gasteiger partial charge is 0.356 e. The molecule has 7 nitrogen and oxygen atoms in total. The summed E-state index contributed by atoms with van der Waals surface area (Å²) in [4.78, 5) is 8.57. The maximum Gasteiger partial charge on any atom is 0.211 e. The van der Waals surface area contributed by atoms with Crippen LogP contribution in [0.2, 0.25) is 0 Å². The van der Waals surface area contributed by atoms with E-state index in [-0.39, 0.29) is 24.0 Å². The van der Waals surface area contributed by atoms with E-state index in [9.17, 15) is 8.42 Å². The summed E-state index contributed by atoms with van der Waals surface area (Å²) in [6.45, 7) is 6.28. The highest BCUT2D eigenvalue weighted by Crippen LogP contribution is 2.07. The second-order valence-corrected chi connectivity index (χ2v) is 8.19. The number of rotatable bonds is 9. The standard InChI is InChI=1S/C14H27N5O2S2.HI/c1-5-19(23(4,20)21)10-6-8-16-14(15-3)17-9-7-13-11-22-12(2)18-13;/h11H,5-10H2,1-4H3,(H2,15,16,17);1H. The van der Waals surface area contributed by atoms with Crippen LogP contribution in [-0.2, 0) is 16.4 Å². The third kappa shape index (κ3) is 9.14. The molecule has 0 spiro atoms. The topological polar surface area (TPSA) is 86.7 Å². The number of hydrogen-bond donors (Lipinski definition) is 2. The number of guanidine groups is 1. The molecule has 0 atom stereocenters. The van der Waals surface area contributed by atoms with E-state index in [0.717, 1.165) is 36.0 Å². The summed E-state index contributed by atoms with van der Waals surface area (Å²) in [6, 6.07) is 0. The van der Waals surface area contributed by atoms with E-state index in [0.29, 0.717) is 19.6 Å². The normalized spacial score (nSPS) is 12.1. The van der Waals surface area contributed by atoms with Gasteiger partial charge in [-0.15, -0.1) is 35.3 Å². The molecular formula is C14H28IN5O2S2. The van der Waals surface area contributed by atoms with E-state index in [4.69, 9.17) is 0 Å². The average Bonchev–Trinajstić information content (AvgIpc) is 2.89. The number of aromatic nitrogens is 1. The van der Waals surface area contributed by atoms with E-state index in [1.54, 1.807) is 18.4 Å². The monoisotopic (exact) mass is 489 g/mol. The van der Waals surface area contributed by atoms with Gasteiger partial charge in [-0.3, -0.25) is 4.99 Å². The zero-order valence-electron chi connectivity index (χ0n) is 14.7. The van der Waals surface area contributed by atoms with Crippen LogP contribution in [0.3, 0.4) is 0 Å². The van der Waals surface area contributed by atoms with Gasteiger partial charge in [-0.1, -0.05) is 6.92 Å². The smallest absolute Gasteiger partial charge is 0.211 e. The van der Waals surface area contributed by atoms with Crippen molar-refractivity contribution in [2.45, 2.75) is 26.7 Å². The number of thiazole rings is 1. The number of aryl methyl sites for hydroxylation is 1. The summed E-state index contributed by atoms with van der Waals surface area (Å²) in [6.07, 6.45) is 2.82. The second kappa shape index (κ2) is 12.0. The Morgan fingerprint density at radius 2 is 2.04 bits per heavy atom. The summed E-state index contributed by atoms with van der Waals surface area (Å²) >= 11 is 1.65. The molecule has 140 valence electrons. The Morgan fingerprint density at radius 3 is 2.54 bits per heavy atom. The Morgan fingerprint density at radius 1 is 1.38 bits per heavy atom. The summed E-state index contributed by atoms with van der Waals surface area (Å²) in [7, 11) is -1.39. The van der Waals surface area contributed by atoms with Crippen LogP contribution in [0.15, 0.2) is 10.4 Å². The summed E-state index contributed by atoms with van der Waals surface area (Å²) in [5.74, 6) is 0.722. The molecule has 0 amide bonds. The molecule has 0 aliphatic heterocycles. The van der Waals surface area contributed by atoms with Crippen molar-refractivity contribution in [3.63, 3.8) is 0 Å². The van der Waals surface area contributed by atoms with Gasteiger partial charge in [-0.05, 0) is 13.3 Å². The predicted octanol–water partition coefficient (Wildman–Crippen LogP) is 1.45. The lowest BCUT2D eigenvalue weighted by Crippen LogP contribution is -2.40. The molecule has 0 unspecified atom stereocenters. The molecule has 0 radical (unpaired) electrons. The maximum absolute atomic E-state index is 11.5. The molecule has 0 aromatic carbocycles. The van der Waals surface area contributed by atoms with Gasteiger partial charge in [-0.2, -0.15) is 0 Å². The lowest BCUT2D eigenvalue weighted by molar-refractivity contribution is 0.424. The van der Waals surface area contributed by atoms with E-state index in [1.807, 2.05) is 13.8 Å². The number of aliphatic imine (C=N–C) groups is 1.